The Hall–Kier alpha value is -0.940. The molecule has 2 heterocycles. The van der Waals surface area contributed by atoms with E-state index < -0.39 is 0 Å². The Morgan fingerprint density at radius 2 is 2.30 bits per heavy atom. The Labute approximate surface area is 124 Å². The topological polar surface area (TPSA) is 45.2 Å². The summed E-state index contributed by atoms with van der Waals surface area (Å²) in [5.74, 6) is 1.46. The fourth-order valence-electron chi connectivity index (χ4n) is 2.89. The molecule has 0 aromatic carbocycles. The first-order valence-corrected chi connectivity index (χ1v) is 8.44. The van der Waals surface area contributed by atoms with Crippen LogP contribution >= 0.6 is 11.3 Å². The zero-order valence-corrected chi connectivity index (χ0v) is 13.1. The molecular formula is C15H23N3OS. The molecule has 2 unspecified atom stereocenters. The van der Waals surface area contributed by atoms with E-state index in [0.717, 1.165) is 32.0 Å². The van der Waals surface area contributed by atoms with Gasteiger partial charge in [-0.25, -0.2) is 4.98 Å². The van der Waals surface area contributed by atoms with Gasteiger partial charge in [0.25, 0.3) is 0 Å². The first-order valence-electron chi connectivity index (χ1n) is 7.56. The Kier molecular flexibility index (Phi) is 4.08. The molecular weight excluding hydrogens is 270 g/mol. The maximum atomic E-state index is 11.4. The molecule has 2 fully saturated rings. The zero-order valence-electron chi connectivity index (χ0n) is 12.3. The lowest BCUT2D eigenvalue weighted by molar-refractivity contribution is -0.130. The minimum atomic E-state index is 0.198. The Bertz CT molecular complexity index is 483. The molecule has 0 spiro atoms. The summed E-state index contributed by atoms with van der Waals surface area (Å²) in [4.78, 5) is 18.1. The van der Waals surface area contributed by atoms with Crippen molar-refractivity contribution in [3.63, 3.8) is 0 Å². The van der Waals surface area contributed by atoms with Gasteiger partial charge in [0.05, 0.1) is 10.7 Å². The predicted molar refractivity (Wildman–Crippen MR) is 80.8 cm³/mol. The summed E-state index contributed by atoms with van der Waals surface area (Å²) in [5, 5.41) is 7.14. The Morgan fingerprint density at radius 3 is 2.95 bits per heavy atom. The summed E-state index contributed by atoms with van der Waals surface area (Å²) in [6, 6.07) is 0.497. The second-order valence-electron chi connectivity index (χ2n) is 6.17. The molecule has 0 radical (unpaired) electrons. The van der Waals surface area contributed by atoms with Crippen LogP contribution in [0.25, 0.3) is 0 Å². The predicted octanol–water partition coefficient (Wildman–Crippen LogP) is 2.37. The van der Waals surface area contributed by atoms with Gasteiger partial charge in [0.1, 0.15) is 0 Å². The van der Waals surface area contributed by atoms with Gasteiger partial charge in [0.2, 0.25) is 5.91 Å². The van der Waals surface area contributed by atoms with Crippen molar-refractivity contribution in [2.45, 2.75) is 51.6 Å². The molecule has 1 aromatic rings. The molecule has 5 heteroatoms. The molecule has 1 amide bonds. The number of nitrogens with one attached hydrogen (secondary N) is 1. The number of carbonyl (C=O) groups excluding carboxylic acids is 1. The highest BCUT2D eigenvalue weighted by molar-refractivity contribution is 7.09. The van der Waals surface area contributed by atoms with Gasteiger partial charge in [0.15, 0.2) is 0 Å². The number of likely N-dealkylation sites (tertiary alicyclic amines) is 1. The minimum absolute atomic E-state index is 0.198. The van der Waals surface area contributed by atoms with Crippen LogP contribution in [0.15, 0.2) is 5.38 Å². The summed E-state index contributed by atoms with van der Waals surface area (Å²) in [6.07, 6.45) is 3.68. The fraction of sp³-hybridized carbons (Fsp3) is 0.733. The third-order valence-electron chi connectivity index (χ3n) is 4.39. The number of hydrogen-bond donors (Lipinski definition) is 1. The lowest BCUT2D eigenvalue weighted by Gasteiger charge is -2.36. The van der Waals surface area contributed by atoms with Crippen molar-refractivity contribution < 1.29 is 4.79 Å². The Balaban J connectivity index is 1.49. The van der Waals surface area contributed by atoms with Gasteiger partial charge in [-0.1, -0.05) is 6.92 Å². The van der Waals surface area contributed by atoms with Crippen molar-refractivity contribution in [1.82, 2.24) is 15.2 Å². The SMILES string of the molecule is CC(=O)N1CCC(NCc2csc(C3CC3)n2)C(C)C1. The number of carbonyl (C=O) groups is 1. The maximum absolute atomic E-state index is 11.4. The quantitative estimate of drug-likeness (QED) is 0.927. The van der Waals surface area contributed by atoms with Crippen molar-refractivity contribution in [2.24, 2.45) is 5.92 Å². The van der Waals surface area contributed by atoms with Crippen LogP contribution < -0.4 is 5.32 Å². The molecule has 1 aromatic heterocycles. The van der Waals surface area contributed by atoms with Crippen LogP contribution in [-0.4, -0.2) is 34.9 Å². The number of rotatable bonds is 4. The standard InChI is InChI=1S/C15H23N3OS/c1-10-8-18(11(2)19)6-5-14(10)16-7-13-9-20-15(17-13)12-3-4-12/h9-10,12,14,16H,3-8H2,1-2H3. The van der Waals surface area contributed by atoms with Crippen LogP contribution in [0, 0.1) is 5.92 Å². The van der Waals surface area contributed by atoms with Crippen LogP contribution in [0.1, 0.15) is 49.7 Å². The van der Waals surface area contributed by atoms with Gasteiger partial charge in [-0.3, -0.25) is 4.79 Å². The number of hydrogen-bond acceptors (Lipinski definition) is 4. The third kappa shape index (κ3) is 3.20. The molecule has 3 rings (SSSR count). The Morgan fingerprint density at radius 1 is 1.50 bits per heavy atom. The average molecular weight is 293 g/mol. The van der Waals surface area contributed by atoms with Gasteiger partial charge in [0, 0.05) is 43.9 Å². The molecule has 1 saturated carbocycles. The fourth-order valence-corrected chi connectivity index (χ4v) is 3.88. The smallest absolute Gasteiger partial charge is 0.219 e. The molecule has 4 nitrogen and oxygen atoms in total. The summed E-state index contributed by atoms with van der Waals surface area (Å²) < 4.78 is 0. The van der Waals surface area contributed by atoms with Crippen LogP contribution in [0.3, 0.4) is 0 Å². The van der Waals surface area contributed by atoms with Crippen molar-refractivity contribution >= 4 is 17.2 Å². The van der Waals surface area contributed by atoms with Crippen LogP contribution in [0.4, 0.5) is 0 Å². The van der Waals surface area contributed by atoms with Crippen molar-refractivity contribution in [1.29, 1.82) is 0 Å². The summed E-state index contributed by atoms with van der Waals surface area (Å²) in [5.41, 5.74) is 1.18. The van der Waals surface area contributed by atoms with Gasteiger partial charge in [-0.15, -0.1) is 11.3 Å². The van der Waals surface area contributed by atoms with Crippen molar-refractivity contribution in [3.05, 3.63) is 16.1 Å². The number of thiazole rings is 1. The van der Waals surface area contributed by atoms with E-state index in [1.54, 1.807) is 6.92 Å². The molecule has 1 N–H and O–H groups in total. The first-order chi connectivity index (χ1) is 9.63. The molecule has 1 saturated heterocycles. The molecule has 110 valence electrons. The van der Waals surface area contributed by atoms with E-state index in [2.05, 4.69) is 17.6 Å². The van der Waals surface area contributed by atoms with Gasteiger partial charge in [-0.05, 0) is 25.2 Å². The molecule has 0 bridgehead atoms. The number of amides is 1. The highest BCUT2D eigenvalue weighted by Gasteiger charge is 2.28. The van der Waals surface area contributed by atoms with Crippen molar-refractivity contribution in [2.75, 3.05) is 13.1 Å². The molecule has 20 heavy (non-hydrogen) atoms. The summed E-state index contributed by atoms with van der Waals surface area (Å²) in [6.45, 7) is 6.50. The van der Waals surface area contributed by atoms with E-state index in [1.165, 1.54) is 23.5 Å². The highest BCUT2D eigenvalue weighted by Crippen LogP contribution is 2.41. The molecule has 1 aliphatic carbocycles. The van der Waals surface area contributed by atoms with E-state index >= 15 is 0 Å². The first kappa shape index (κ1) is 14.0. The second-order valence-corrected chi connectivity index (χ2v) is 7.06. The highest BCUT2D eigenvalue weighted by atomic mass is 32.1. The number of nitrogens with zero attached hydrogens (tertiary/aromatic N) is 2. The lowest BCUT2D eigenvalue weighted by Crippen LogP contribution is -2.49. The zero-order chi connectivity index (χ0) is 14.1. The molecule has 2 aliphatic rings. The van der Waals surface area contributed by atoms with E-state index in [1.807, 2.05) is 16.2 Å². The minimum Gasteiger partial charge on any atom is -0.343 e. The van der Waals surface area contributed by atoms with Gasteiger partial charge < -0.3 is 10.2 Å². The molecule has 1 aliphatic heterocycles. The maximum Gasteiger partial charge on any atom is 0.219 e. The van der Waals surface area contributed by atoms with Crippen LogP contribution in [-0.2, 0) is 11.3 Å². The van der Waals surface area contributed by atoms with E-state index in [0.29, 0.717) is 12.0 Å². The van der Waals surface area contributed by atoms with Gasteiger partial charge in [-0.2, -0.15) is 0 Å². The van der Waals surface area contributed by atoms with E-state index in [4.69, 9.17) is 4.98 Å². The lowest BCUT2D eigenvalue weighted by atomic mass is 9.94. The summed E-state index contributed by atoms with van der Waals surface area (Å²) >= 11 is 1.81. The number of aromatic nitrogens is 1. The molecule has 2 atom stereocenters. The van der Waals surface area contributed by atoms with E-state index in [-0.39, 0.29) is 5.91 Å². The van der Waals surface area contributed by atoms with E-state index in [9.17, 15) is 4.79 Å². The third-order valence-corrected chi connectivity index (χ3v) is 5.45. The second kappa shape index (κ2) is 5.82. The normalized spacial score (nSPS) is 26.8. The summed E-state index contributed by atoms with van der Waals surface area (Å²) in [7, 11) is 0. The van der Waals surface area contributed by atoms with Gasteiger partial charge >= 0.3 is 0 Å². The van der Waals surface area contributed by atoms with Crippen LogP contribution in [0.2, 0.25) is 0 Å². The number of piperidine rings is 1. The largest absolute Gasteiger partial charge is 0.343 e. The van der Waals surface area contributed by atoms with Crippen molar-refractivity contribution in [3.8, 4) is 0 Å². The average Bonchev–Trinajstić information content (AvgIpc) is 3.17. The van der Waals surface area contributed by atoms with Crippen LogP contribution in [0.5, 0.6) is 0 Å². The monoisotopic (exact) mass is 293 g/mol.